The fourth-order valence-electron chi connectivity index (χ4n) is 1.65. The molecule has 0 unspecified atom stereocenters. The van der Waals surface area contributed by atoms with E-state index in [-0.39, 0.29) is 6.42 Å². The Labute approximate surface area is 114 Å². The van der Waals surface area contributed by atoms with Crippen molar-refractivity contribution in [2.45, 2.75) is 12.5 Å². The number of carbonyl (C=O) groups is 2. The van der Waals surface area contributed by atoms with Gasteiger partial charge >= 0.3 is 5.97 Å². The molecule has 2 rings (SSSR count). The summed E-state index contributed by atoms with van der Waals surface area (Å²) in [6.07, 6.45) is -0.896. The zero-order chi connectivity index (χ0) is 13.7. The maximum Gasteiger partial charge on any atom is 0.311 e. The van der Waals surface area contributed by atoms with Gasteiger partial charge in [-0.05, 0) is 22.4 Å². The first-order chi connectivity index (χ1) is 9.16. The molecule has 0 saturated heterocycles. The first-order valence-electron chi connectivity index (χ1n) is 5.71. The van der Waals surface area contributed by atoms with Gasteiger partial charge in [-0.3, -0.25) is 9.59 Å². The van der Waals surface area contributed by atoms with Crippen molar-refractivity contribution < 1.29 is 14.3 Å². The topological polar surface area (TPSA) is 69.4 Å². The maximum atomic E-state index is 11.8. The summed E-state index contributed by atoms with van der Waals surface area (Å²) in [7, 11) is 0. The van der Waals surface area contributed by atoms with E-state index < -0.39 is 18.0 Å². The molecule has 2 N–H and O–H groups in total. The first kappa shape index (κ1) is 13.3. The number of primary amides is 1. The van der Waals surface area contributed by atoms with E-state index in [1.54, 1.807) is 24.3 Å². The molecule has 0 radical (unpaired) electrons. The minimum absolute atomic E-state index is 0.139. The van der Waals surface area contributed by atoms with Crippen molar-refractivity contribution in [3.8, 4) is 0 Å². The summed E-state index contributed by atoms with van der Waals surface area (Å²) in [6, 6.07) is 10.6. The molecule has 2 aromatic rings. The molecule has 0 aliphatic heterocycles. The number of hydrogen-bond donors (Lipinski definition) is 1. The third-order valence-corrected chi connectivity index (χ3v) is 3.27. The number of benzene rings is 1. The minimum atomic E-state index is -1.03. The molecule has 0 aliphatic carbocycles. The Morgan fingerprint density at radius 2 is 1.95 bits per heavy atom. The number of ether oxygens (including phenoxy) is 1. The van der Waals surface area contributed by atoms with Crippen molar-refractivity contribution >= 4 is 23.2 Å². The number of amides is 1. The zero-order valence-corrected chi connectivity index (χ0v) is 10.9. The Hall–Kier alpha value is -2.14. The second-order valence-electron chi connectivity index (χ2n) is 3.99. The SMILES string of the molecule is NC(=O)[C@H](OC(=O)Cc1ccsc1)c1ccccc1. The Balaban J connectivity index is 2.05. The predicted octanol–water partition coefficient (Wildman–Crippen LogP) is 2.06. The minimum Gasteiger partial charge on any atom is -0.447 e. The van der Waals surface area contributed by atoms with Crippen LogP contribution in [-0.4, -0.2) is 11.9 Å². The lowest BCUT2D eigenvalue weighted by Crippen LogP contribution is -2.26. The number of esters is 1. The van der Waals surface area contributed by atoms with Crippen molar-refractivity contribution in [3.05, 3.63) is 58.3 Å². The second-order valence-corrected chi connectivity index (χ2v) is 4.77. The Bertz CT molecular complexity index is 551. The third kappa shape index (κ3) is 3.66. The predicted molar refractivity (Wildman–Crippen MR) is 72.5 cm³/mol. The van der Waals surface area contributed by atoms with Crippen molar-refractivity contribution in [3.63, 3.8) is 0 Å². The standard InChI is InChI=1S/C14H13NO3S/c15-14(17)13(11-4-2-1-3-5-11)18-12(16)8-10-6-7-19-9-10/h1-7,9,13H,8H2,(H2,15,17)/t13-/m1/s1. The first-order valence-corrected chi connectivity index (χ1v) is 6.66. The summed E-state index contributed by atoms with van der Waals surface area (Å²) in [5.41, 5.74) is 6.72. The van der Waals surface area contributed by atoms with Gasteiger partial charge in [0.05, 0.1) is 6.42 Å². The number of thiophene rings is 1. The van der Waals surface area contributed by atoms with E-state index in [2.05, 4.69) is 0 Å². The van der Waals surface area contributed by atoms with Crippen molar-refractivity contribution in [2.24, 2.45) is 5.73 Å². The van der Waals surface area contributed by atoms with Crippen LogP contribution in [0.2, 0.25) is 0 Å². The Kier molecular flexibility index (Phi) is 4.30. The van der Waals surface area contributed by atoms with Gasteiger partial charge < -0.3 is 10.5 Å². The normalized spacial score (nSPS) is 11.8. The largest absolute Gasteiger partial charge is 0.447 e. The highest BCUT2D eigenvalue weighted by Crippen LogP contribution is 2.18. The fourth-order valence-corrected chi connectivity index (χ4v) is 2.32. The van der Waals surface area contributed by atoms with E-state index in [0.29, 0.717) is 5.56 Å². The lowest BCUT2D eigenvalue weighted by Gasteiger charge is -2.14. The summed E-state index contributed by atoms with van der Waals surface area (Å²) in [5.74, 6) is -1.14. The van der Waals surface area contributed by atoms with Crippen LogP contribution in [0.3, 0.4) is 0 Å². The average Bonchev–Trinajstić information content (AvgIpc) is 2.89. The van der Waals surface area contributed by atoms with Crippen molar-refractivity contribution in [1.29, 1.82) is 0 Å². The summed E-state index contributed by atoms with van der Waals surface area (Å²) in [6.45, 7) is 0. The van der Waals surface area contributed by atoms with Gasteiger partial charge in [-0.15, -0.1) is 0 Å². The highest BCUT2D eigenvalue weighted by molar-refractivity contribution is 7.07. The molecular formula is C14H13NO3S. The highest BCUT2D eigenvalue weighted by Gasteiger charge is 2.22. The molecule has 1 aromatic carbocycles. The molecule has 1 aromatic heterocycles. The van der Waals surface area contributed by atoms with Crippen LogP contribution in [0.25, 0.3) is 0 Å². The maximum absolute atomic E-state index is 11.8. The molecular weight excluding hydrogens is 262 g/mol. The van der Waals surface area contributed by atoms with E-state index in [9.17, 15) is 9.59 Å². The monoisotopic (exact) mass is 275 g/mol. The molecule has 98 valence electrons. The molecule has 1 heterocycles. The average molecular weight is 275 g/mol. The molecule has 0 bridgehead atoms. The lowest BCUT2D eigenvalue weighted by atomic mass is 10.1. The number of rotatable bonds is 5. The van der Waals surface area contributed by atoms with Gasteiger partial charge in [0.2, 0.25) is 6.10 Å². The molecule has 0 aliphatic rings. The van der Waals surface area contributed by atoms with Crippen molar-refractivity contribution in [1.82, 2.24) is 0 Å². The summed E-state index contributed by atoms with van der Waals surface area (Å²) in [4.78, 5) is 23.2. The zero-order valence-electron chi connectivity index (χ0n) is 10.1. The molecule has 0 spiro atoms. The van der Waals surface area contributed by atoms with Gasteiger partial charge in [0, 0.05) is 5.56 Å². The van der Waals surface area contributed by atoms with E-state index in [1.807, 2.05) is 22.9 Å². The summed E-state index contributed by atoms with van der Waals surface area (Å²) < 4.78 is 5.16. The van der Waals surface area contributed by atoms with Gasteiger partial charge in [0.15, 0.2) is 0 Å². The van der Waals surface area contributed by atoms with E-state index in [4.69, 9.17) is 10.5 Å². The summed E-state index contributed by atoms with van der Waals surface area (Å²) >= 11 is 1.50. The Morgan fingerprint density at radius 3 is 2.53 bits per heavy atom. The van der Waals surface area contributed by atoms with Crippen LogP contribution in [0.4, 0.5) is 0 Å². The van der Waals surface area contributed by atoms with Gasteiger partial charge in [-0.1, -0.05) is 30.3 Å². The molecule has 0 saturated carbocycles. The van der Waals surface area contributed by atoms with Crippen LogP contribution in [0.1, 0.15) is 17.2 Å². The number of nitrogens with two attached hydrogens (primary N) is 1. The van der Waals surface area contributed by atoms with Crippen LogP contribution in [0, 0.1) is 0 Å². The highest BCUT2D eigenvalue weighted by atomic mass is 32.1. The Morgan fingerprint density at radius 1 is 1.21 bits per heavy atom. The second kappa shape index (κ2) is 6.15. The molecule has 0 fully saturated rings. The summed E-state index contributed by atoms with van der Waals surface area (Å²) in [5, 5.41) is 3.74. The molecule has 4 nitrogen and oxygen atoms in total. The quantitative estimate of drug-likeness (QED) is 0.849. The van der Waals surface area contributed by atoms with E-state index >= 15 is 0 Å². The van der Waals surface area contributed by atoms with Gasteiger partial charge in [-0.25, -0.2) is 0 Å². The molecule has 1 atom stereocenters. The van der Waals surface area contributed by atoms with Crippen LogP contribution in [0.15, 0.2) is 47.2 Å². The molecule has 5 heteroatoms. The fraction of sp³-hybridized carbons (Fsp3) is 0.143. The van der Waals surface area contributed by atoms with Gasteiger partial charge in [-0.2, -0.15) is 11.3 Å². The third-order valence-electron chi connectivity index (χ3n) is 2.54. The van der Waals surface area contributed by atoms with Crippen LogP contribution < -0.4 is 5.73 Å². The van der Waals surface area contributed by atoms with Crippen molar-refractivity contribution in [2.75, 3.05) is 0 Å². The molecule has 1 amide bonds. The number of carbonyl (C=O) groups excluding carboxylic acids is 2. The smallest absolute Gasteiger partial charge is 0.311 e. The molecule has 19 heavy (non-hydrogen) atoms. The van der Waals surface area contributed by atoms with E-state index in [1.165, 1.54) is 11.3 Å². The number of hydrogen-bond acceptors (Lipinski definition) is 4. The van der Waals surface area contributed by atoms with Crippen LogP contribution >= 0.6 is 11.3 Å². The lowest BCUT2D eigenvalue weighted by molar-refractivity contribution is -0.154. The van der Waals surface area contributed by atoms with E-state index in [0.717, 1.165) is 5.56 Å². The van der Waals surface area contributed by atoms with Crippen LogP contribution in [0.5, 0.6) is 0 Å². The van der Waals surface area contributed by atoms with Crippen LogP contribution in [-0.2, 0) is 20.7 Å². The van der Waals surface area contributed by atoms with Gasteiger partial charge in [0.1, 0.15) is 0 Å². The van der Waals surface area contributed by atoms with Gasteiger partial charge in [0.25, 0.3) is 5.91 Å².